The summed E-state index contributed by atoms with van der Waals surface area (Å²) in [7, 11) is 0. The molecule has 3 nitrogen and oxygen atoms in total. The van der Waals surface area contributed by atoms with Crippen molar-refractivity contribution in [3.63, 3.8) is 0 Å². The predicted octanol–water partition coefficient (Wildman–Crippen LogP) is 3.48. The summed E-state index contributed by atoms with van der Waals surface area (Å²) < 4.78 is 0.322. The number of pyridine rings is 1. The highest BCUT2D eigenvalue weighted by molar-refractivity contribution is 8.00. The number of hydrogen-bond acceptors (Lipinski definition) is 4. The van der Waals surface area contributed by atoms with Crippen molar-refractivity contribution < 1.29 is 0 Å². The Morgan fingerprint density at radius 3 is 2.81 bits per heavy atom. The van der Waals surface area contributed by atoms with Crippen LogP contribution in [-0.4, -0.2) is 35.1 Å². The maximum Gasteiger partial charge on any atom is 0.129 e. The van der Waals surface area contributed by atoms with Crippen LogP contribution in [-0.2, 0) is 13.0 Å². The van der Waals surface area contributed by atoms with Gasteiger partial charge in [-0.25, -0.2) is 4.98 Å². The molecule has 1 N–H and O–H groups in total. The zero-order valence-corrected chi connectivity index (χ0v) is 14.7. The van der Waals surface area contributed by atoms with Gasteiger partial charge in [0.2, 0.25) is 0 Å². The van der Waals surface area contributed by atoms with Crippen LogP contribution in [0.1, 0.15) is 45.4 Å². The molecule has 1 saturated heterocycles. The van der Waals surface area contributed by atoms with Gasteiger partial charge in [0.15, 0.2) is 0 Å². The molecule has 0 spiro atoms. The second-order valence-electron chi connectivity index (χ2n) is 6.38. The molecule has 0 aromatic carbocycles. The van der Waals surface area contributed by atoms with E-state index >= 15 is 0 Å². The third-order valence-electron chi connectivity index (χ3n) is 3.79. The summed E-state index contributed by atoms with van der Waals surface area (Å²) in [5.74, 6) is 2.35. The molecular weight excluding hydrogens is 278 g/mol. The Kier molecular flexibility index (Phi) is 5.94. The number of aryl methyl sites for hydroxylation is 1. The normalized spacial score (nSPS) is 18.0. The second-order valence-corrected chi connectivity index (χ2v) is 8.19. The van der Waals surface area contributed by atoms with E-state index in [0.29, 0.717) is 4.75 Å². The number of nitrogens with one attached hydrogen (secondary N) is 1. The van der Waals surface area contributed by atoms with Gasteiger partial charge >= 0.3 is 0 Å². The summed E-state index contributed by atoms with van der Waals surface area (Å²) in [5.41, 5.74) is 2.57. The summed E-state index contributed by atoms with van der Waals surface area (Å²) in [4.78, 5) is 7.32. The van der Waals surface area contributed by atoms with E-state index in [1.165, 1.54) is 23.4 Å². The Bertz CT molecular complexity index is 459. The molecule has 4 heteroatoms. The highest BCUT2D eigenvalue weighted by atomic mass is 32.2. The number of aromatic nitrogens is 1. The first-order valence-corrected chi connectivity index (χ1v) is 9.12. The molecular formula is C17H29N3S. The summed E-state index contributed by atoms with van der Waals surface area (Å²) in [6.07, 6.45) is 2.18. The maximum atomic E-state index is 4.86. The van der Waals surface area contributed by atoms with E-state index in [4.69, 9.17) is 4.98 Å². The lowest BCUT2D eigenvalue weighted by molar-refractivity contribution is 0.638. The van der Waals surface area contributed by atoms with E-state index < -0.39 is 0 Å². The van der Waals surface area contributed by atoms with E-state index in [-0.39, 0.29) is 0 Å². The molecule has 0 atom stereocenters. The Balaban J connectivity index is 2.15. The fraction of sp³-hybridized carbons (Fsp3) is 0.706. The van der Waals surface area contributed by atoms with Crippen molar-refractivity contribution in [3.05, 3.63) is 23.4 Å². The number of hydrogen-bond donors (Lipinski definition) is 1. The number of nitrogens with zero attached hydrogens (tertiary/aromatic N) is 2. The molecule has 21 heavy (non-hydrogen) atoms. The first kappa shape index (κ1) is 16.6. The second kappa shape index (κ2) is 7.50. The third-order valence-corrected chi connectivity index (χ3v) is 5.09. The van der Waals surface area contributed by atoms with Crippen molar-refractivity contribution in [2.75, 3.05) is 30.3 Å². The number of thioether (sulfide) groups is 1. The van der Waals surface area contributed by atoms with Crippen LogP contribution in [0.15, 0.2) is 12.1 Å². The Morgan fingerprint density at radius 2 is 2.14 bits per heavy atom. The van der Waals surface area contributed by atoms with Gasteiger partial charge in [-0.05, 0) is 50.9 Å². The van der Waals surface area contributed by atoms with Gasteiger partial charge in [0.05, 0.1) is 0 Å². The molecule has 0 saturated carbocycles. The SMILES string of the molecule is CCCNCc1cc(CC)nc(N2CCSC(C)(C)C2)c1. The van der Waals surface area contributed by atoms with Gasteiger partial charge in [0, 0.05) is 35.8 Å². The molecule has 0 unspecified atom stereocenters. The first-order valence-electron chi connectivity index (χ1n) is 8.13. The fourth-order valence-corrected chi connectivity index (χ4v) is 3.81. The number of anilines is 1. The van der Waals surface area contributed by atoms with Crippen LogP contribution in [0.5, 0.6) is 0 Å². The zero-order chi connectivity index (χ0) is 15.3. The minimum Gasteiger partial charge on any atom is -0.354 e. The van der Waals surface area contributed by atoms with Gasteiger partial charge in [-0.2, -0.15) is 11.8 Å². The highest BCUT2D eigenvalue weighted by Gasteiger charge is 2.27. The average Bonchev–Trinajstić information content (AvgIpc) is 2.46. The van der Waals surface area contributed by atoms with Crippen LogP contribution in [0.2, 0.25) is 0 Å². The molecule has 1 aliphatic heterocycles. The van der Waals surface area contributed by atoms with Gasteiger partial charge in [0.1, 0.15) is 5.82 Å². The van der Waals surface area contributed by atoms with Gasteiger partial charge in [-0.3, -0.25) is 0 Å². The quantitative estimate of drug-likeness (QED) is 0.815. The number of rotatable bonds is 6. The van der Waals surface area contributed by atoms with E-state index in [9.17, 15) is 0 Å². The highest BCUT2D eigenvalue weighted by Crippen LogP contribution is 2.31. The smallest absolute Gasteiger partial charge is 0.129 e. The van der Waals surface area contributed by atoms with Crippen LogP contribution >= 0.6 is 11.8 Å². The Hall–Kier alpha value is -0.740. The molecule has 0 radical (unpaired) electrons. The lowest BCUT2D eigenvalue weighted by Gasteiger charge is -2.38. The van der Waals surface area contributed by atoms with Crippen molar-refractivity contribution >= 4 is 17.6 Å². The van der Waals surface area contributed by atoms with Gasteiger partial charge in [-0.15, -0.1) is 0 Å². The van der Waals surface area contributed by atoms with Crippen molar-refractivity contribution in [2.24, 2.45) is 0 Å². The van der Waals surface area contributed by atoms with E-state index in [1.54, 1.807) is 0 Å². The lowest BCUT2D eigenvalue weighted by Crippen LogP contribution is -2.43. The topological polar surface area (TPSA) is 28.2 Å². The third kappa shape index (κ3) is 4.89. The van der Waals surface area contributed by atoms with Gasteiger partial charge in [-0.1, -0.05) is 13.8 Å². The summed E-state index contributed by atoms with van der Waals surface area (Å²) in [6, 6.07) is 4.52. The first-order chi connectivity index (χ1) is 10.0. The molecule has 1 aromatic heterocycles. The molecule has 0 bridgehead atoms. The van der Waals surface area contributed by atoms with Crippen LogP contribution < -0.4 is 10.2 Å². The molecule has 0 aliphatic carbocycles. The summed E-state index contributed by atoms with van der Waals surface area (Å²) in [5, 5.41) is 3.50. The largest absolute Gasteiger partial charge is 0.354 e. The molecule has 118 valence electrons. The minimum atomic E-state index is 0.322. The van der Waals surface area contributed by atoms with Crippen LogP contribution in [0.3, 0.4) is 0 Å². The standard InChI is InChI=1S/C17H29N3S/c1-5-7-18-12-14-10-15(6-2)19-16(11-14)20-8-9-21-17(3,4)13-20/h10-11,18H,5-9,12-13H2,1-4H3. The molecule has 1 fully saturated rings. The van der Waals surface area contributed by atoms with Crippen LogP contribution in [0.25, 0.3) is 0 Å². The molecule has 0 amide bonds. The summed E-state index contributed by atoms with van der Waals surface area (Å²) >= 11 is 2.07. The van der Waals surface area contributed by atoms with E-state index in [0.717, 1.165) is 38.4 Å². The Labute approximate surface area is 133 Å². The minimum absolute atomic E-state index is 0.322. The summed E-state index contributed by atoms with van der Waals surface area (Å²) in [6.45, 7) is 13.3. The zero-order valence-electron chi connectivity index (χ0n) is 13.9. The molecule has 1 aliphatic rings. The van der Waals surface area contributed by atoms with Crippen LogP contribution in [0.4, 0.5) is 5.82 Å². The van der Waals surface area contributed by atoms with Crippen molar-refractivity contribution in [3.8, 4) is 0 Å². The Morgan fingerprint density at radius 1 is 1.33 bits per heavy atom. The van der Waals surface area contributed by atoms with E-state index in [2.05, 4.69) is 61.8 Å². The van der Waals surface area contributed by atoms with E-state index in [1.807, 2.05) is 0 Å². The molecule has 1 aromatic rings. The van der Waals surface area contributed by atoms with Crippen LogP contribution in [0, 0.1) is 0 Å². The van der Waals surface area contributed by atoms with Crippen molar-refractivity contribution in [1.82, 2.24) is 10.3 Å². The van der Waals surface area contributed by atoms with Gasteiger partial charge < -0.3 is 10.2 Å². The van der Waals surface area contributed by atoms with Crippen molar-refractivity contribution in [1.29, 1.82) is 0 Å². The fourth-order valence-electron chi connectivity index (χ4n) is 2.70. The van der Waals surface area contributed by atoms with Crippen molar-refractivity contribution in [2.45, 2.75) is 51.8 Å². The monoisotopic (exact) mass is 307 g/mol. The molecule has 2 rings (SSSR count). The maximum absolute atomic E-state index is 4.86. The molecule has 2 heterocycles. The lowest BCUT2D eigenvalue weighted by atomic mass is 10.1. The predicted molar refractivity (Wildman–Crippen MR) is 94.4 cm³/mol. The van der Waals surface area contributed by atoms with Gasteiger partial charge in [0.25, 0.3) is 0 Å². The average molecular weight is 308 g/mol.